The van der Waals surface area contributed by atoms with Crippen molar-refractivity contribution in [1.29, 1.82) is 5.26 Å². The predicted molar refractivity (Wildman–Crippen MR) is 148 cm³/mol. The SMILES string of the molecule is Cl.N#Cc1c(N2CCC[C@H](N)C2)n(-c2cccc(F)c2)c2c(=O)n(Cc3nccc4ccccc34)cnc12. The van der Waals surface area contributed by atoms with Gasteiger partial charge in [-0.15, -0.1) is 12.4 Å². The first-order valence-corrected chi connectivity index (χ1v) is 12.2. The van der Waals surface area contributed by atoms with Crippen LogP contribution < -0.4 is 16.2 Å². The van der Waals surface area contributed by atoms with E-state index < -0.39 is 5.82 Å². The zero-order chi connectivity index (χ0) is 25.5. The molecule has 2 aromatic carbocycles. The summed E-state index contributed by atoms with van der Waals surface area (Å²) in [6.45, 7) is 1.39. The van der Waals surface area contributed by atoms with E-state index in [1.165, 1.54) is 23.0 Å². The number of nitrogens with zero attached hydrogens (tertiary/aromatic N) is 6. The van der Waals surface area contributed by atoms with Crippen LogP contribution in [0.2, 0.25) is 0 Å². The summed E-state index contributed by atoms with van der Waals surface area (Å²) in [5.41, 5.74) is 7.88. The standard InChI is InChI=1S/C28H24FN7O.ClH/c29-19-6-3-8-21(13-19)36-26-25(23(14-30)27(36)34-12-4-7-20(31)15-34)33-17-35(28(26)37)16-24-22-9-2-1-5-18(22)10-11-32-24;/h1-3,5-6,8-11,13,17,20H,4,7,12,15-16,31H2;1H/t20-;/m0./s1. The first-order valence-electron chi connectivity index (χ1n) is 12.2. The highest BCUT2D eigenvalue weighted by molar-refractivity contribution is 5.91. The number of hydrogen-bond donors (Lipinski definition) is 1. The van der Waals surface area contributed by atoms with Gasteiger partial charge < -0.3 is 10.6 Å². The second-order valence-corrected chi connectivity index (χ2v) is 9.33. The number of pyridine rings is 1. The van der Waals surface area contributed by atoms with Crippen LogP contribution in [0.5, 0.6) is 0 Å². The van der Waals surface area contributed by atoms with E-state index in [0.29, 0.717) is 24.6 Å². The number of nitriles is 1. The smallest absolute Gasteiger partial charge is 0.278 e. The minimum atomic E-state index is -0.441. The van der Waals surface area contributed by atoms with Crippen LogP contribution in [-0.2, 0) is 6.54 Å². The molecule has 38 heavy (non-hydrogen) atoms. The predicted octanol–water partition coefficient (Wildman–Crippen LogP) is 4.14. The summed E-state index contributed by atoms with van der Waals surface area (Å²) in [6, 6.07) is 18.0. The van der Waals surface area contributed by atoms with Gasteiger partial charge in [-0.3, -0.25) is 18.9 Å². The van der Waals surface area contributed by atoms with Crippen molar-refractivity contribution in [3.05, 3.63) is 94.5 Å². The molecule has 0 amide bonds. The van der Waals surface area contributed by atoms with Gasteiger partial charge in [0.15, 0.2) is 0 Å². The number of piperidine rings is 1. The fourth-order valence-electron chi connectivity index (χ4n) is 5.24. The second kappa shape index (κ2) is 10.2. The van der Waals surface area contributed by atoms with Gasteiger partial charge in [-0.25, -0.2) is 9.37 Å². The van der Waals surface area contributed by atoms with Gasteiger partial charge in [0.25, 0.3) is 5.56 Å². The second-order valence-electron chi connectivity index (χ2n) is 9.33. The zero-order valence-corrected chi connectivity index (χ0v) is 21.2. The summed E-state index contributed by atoms with van der Waals surface area (Å²) in [5, 5.41) is 12.2. The van der Waals surface area contributed by atoms with Gasteiger partial charge in [0.05, 0.1) is 24.3 Å². The van der Waals surface area contributed by atoms with Crippen LogP contribution >= 0.6 is 12.4 Å². The fourth-order valence-corrected chi connectivity index (χ4v) is 5.24. The lowest BCUT2D eigenvalue weighted by Crippen LogP contribution is -2.43. The van der Waals surface area contributed by atoms with E-state index >= 15 is 0 Å². The first kappa shape index (κ1) is 25.4. The molecular weight excluding hydrogens is 505 g/mol. The summed E-state index contributed by atoms with van der Waals surface area (Å²) in [4.78, 5) is 25.1. The Kier molecular flexibility index (Phi) is 6.85. The van der Waals surface area contributed by atoms with E-state index in [9.17, 15) is 14.4 Å². The van der Waals surface area contributed by atoms with Gasteiger partial charge in [-0.1, -0.05) is 30.3 Å². The Balaban J connectivity index is 0.00000294. The molecule has 1 aliphatic rings. The van der Waals surface area contributed by atoms with Gasteiger partial charge in [0.1, 0.15) is 34.3 Å². The Morgan fingerprint density at radius 3 is 2.76 bits per heavy atom. The molecule has 1 atom stereocenters. The quantitative estimate of drug-likeness (QED) is 0.375. The Bertz CT molecular complexity index is 1750. The van der Waals surface area contributed by atoms with Crippen LogP contribution in [0.15, 0.2) is 71.9 Å². The Morgan fingerprint density at radius 2 is 1.97 bits per heavy atom. The summed E-state index contributed by atoms with van der Waals surface area (Å²) in [5.74, 6) is 0.0761. The third kappa shape index (κ3) is 4.28. The maximum absolute atomic E-state index is 14.4. The van der Waals surface area contributed by atoms with Crippen molar-refractivity contribution in [3.63, 3.8) is 0 Å². The van der Waals surface area contributed by atoms with Gasteiger partial charge in [0, 0.05) is 30.7 Å². The van der Waals surface area contributed by atoms with Crippen LogP contribution in [0.3, 0.4) is 0 Å². The van der Waals surface area contributed by atoms with Crippen LogP contribution in [0, 0.1) is 17.1 Å². The van der Waals surface area contributed by atoms with Crippen molar-refractivity contribution >= 4 is 40.0 Å². The maximum Gasteiger partial charge on any atom is 0.278 e. The molecule has 1 aliphatic heterocycles. The van der Waals surface area contributed by atoms with Crippen molar-refractivity contribution in [1.82, 2.24) is 19.1 Å². The summed E-state index contributed by atoms with van der Waals surface area (Å²) < 4.78 is 17.5. The van der Waals surface area contributed by atoms with E-state index in [0.717, 1.165) is 29.3 Å². The van der Waals surface area contributed by atoms with Gasteiger partial charge in [0.2, 0.25) is 0 Å². The molecule has 0 bridgehead atoms. The molecule has 10 heteroatoms. The number of rotatable bonds is 4. The summed E-state index contributed by atoms with van der Waals surface area (Å²) >= 11 is 0. The number of nitrogens with two attached hydrogens (primary N) is 1. The molecule has 0 saturated carbocycles. The molecule has 5 aromatic rings. The maximum atomic E-state index is 14.4. The number of hydrogen-bond acceptors (Lipinski definition) is 6. The van der Waals surface area contributed by atoms with Crippen LogP contribution in [0.4, 0.5) is 10.2 Å². The molecule has 0 aliphatic carbocycles. The fraction of sp³-hybridized carbons (Fsp3) is 0.214. The average molecular weight is 530 g/mol. The van der Waals surface area contributed by atoms with Crippen molar-refractivity contribution in [2.45, 2.75) is 25.4 Å². The highest BCUT2D eigenvalue weighted by atomic mass is 35.5. The van der Waals surface area contributed by atoms with Crippen LogP contribution in [0.1, 0.15) is 24.1 Å². The van der Waals surface area contributed by atoms with Crippen molar-refractivity contribution < 1.29 is 4.39 Å². The van der Waals surface area contributed by atoms with Gasteiger partial charge in [-0.05, 0) is 42.5 Å². The minimum Gasteiger partial charge on any atom is -0.355 e. The lowest BCUT2D eigenvalue weighted by Gasteiger charge is -2.33. The molecule has 2 N–H and O–H groups in total. The number of benzene rings is 2. The number of fused-ring (bicyclic) bond motifs is 2. The molecule has 0 unspecified atom stereocenters. The first-order chi connectivity index (χ1) is 18.0. The van der Waals surface area contributed by atoms with Crippen LogP contribution in [-0.4, -0.2) is 38.2 Å². The Morgan fingerprint density at radius 1 is 1.13 bits per heavy atom. The number of anilines is 1. The lowest BCUT2D eigenvalue weighted by atomic mass is 10.1. The van der Waals surface area contributed by atoms with Crippen LogP contribution in [0.25, 0.3) is 27.5 Å². The Labute approximate surface area is 224 Å². The summed E-state index contributed by atoms with van der Waals surface area (Å²) in [7, 11) is 0. The molecule has 6 rings (SSSR count). The third-order valence-electron chi connectivity index (χ3n) is 6.92. The lowest BCUT2D eigenvalue weighted by molar-refractivity contribution is 0.501. The number of aromatic nitrogens is 4. The molecule has 4 heterocycles. The van der Waals surface area contributed by atoms with E-state index in [2.05, 4.69) is 16.0 Å². The monoisotopic (exact) mass is 529 g/mol. The van der Waals surface area contributed by atoms with E-state index in [1.54, 1.807) is 22.9 Å². The van der Waals surface area contributed by atoms with E-state index in [4.69, 9.17) is 5.73 Å². The molecule has 0 radical (unpaired) electrons. The zero-order valence-electron chi connectivity index (χ0n) is 20.4. The molecule has 3 aromatic heterocycles. The molecule has 192 valence electrons. The number of halogens is 2. The molecule has 8 nitrogen and oxygen atoms in total. The van der Waals surface area contributed by atoms with E-state index in [-0.39, 0.29) is 47.1 Å². The molecule has 0 spiro atoms. The summed E-state index contributed by atoms with van der Waals surface area (Å²) in [6.07, 6.45) is 4.90. The highest BCUT2D eigenvalue weighted by Gasteiger charge is 2.29. The van der Waals surface area contributed by atoms with Gasteiger partial charge >= 0.3 is 0 Å². The van der Waals surface area contributed by atoms with E-state index in [1.807, 2.05) is 35.2 Å². The highest BCUT2D eigenvalue weighted by Crippen LogP contribution is 2.34. The molecular formula is C28H25ClFN7O. The van der Waals surface area contributed by atoms with Crippen molar-refractivity contribution in [3.8, 4) is 11.8 Å². The minimum absolute atomic E-state index is 0. The molecule has 1 fully saturated rings. The largest absolute Gasteiger partial charge is 0.355 e. The van der Waals surface area contributed by atoms with Gasteiger partial charge in [-0.2, -0.15) is 5.26 Å². The topological polar surface area (TPSA) is 106 Å². The third-order valence-corrected chi connectivity index (χ3v) is 6.92. The van der Waals surface area contributed by atoms with Crippen molar-refractivity contribution in [2.75, 3.05) is 18.0 Å². The molecule has 1 saturated heterocycles. The average Bonchev–Trinajstić information content (AvgIpc) is 3.25. The Hall–Kier alpha value is -4.26. The normalized spacial score (nSPS) is 15.4. The van der Waals surface area contributed by atoms with Crippen molar-refractivity contribution in [2.24, 2.45) is 5.73 Å².